The molecule has 0 atom stereocenters. The van der Waals surface area contributed by atoms with E-state index in [9.17, 15) is 9.59 Å². The van der Waals surface area contributed by atoms with Gasteiger partial charge in [-0.25, -0.2) is 14.6 Å². The largest absolute Gasteiger partial charge is 0.497 e. The van der Waals surface area contributed by atoms with Gasteiger partial charge in [-0.2, -0.15) is 5.10 Å². The molecule has 4 aromatic rings. The zero-order chi connectivity index (χ0) is 21.0. The Bertz CT molecular complexity index is 1340. The van der Waals surface area contributed by atoms with Crippen molar-refractivity contribution in [3.05, 3.63) is 76.6 Å². The molecule has 1 aliphatic rings. The van der Waals surface area contributed by atoms with Gasteiger partial charge in [0.2, 0.25) is 0 Å². The van der Waals surface area contributed by atoms with E-state index in [0.717, 1.165) is 16.3 Å². The number of benzene rings is 2. The molecule has 0 fully saturated rings. The van der Waals surface area contributed by atoms with Crippen LogP contribution in [0.2, 0.25) is 5.02 Å². The lowest BCUT2D eigenvalue weighted by molar-refractivity contribution is 0.0926. The number of methoxy groups -OCH3 is 1. The average molecular weight is 419 g/mol. The van der Waals surface area contributed by atoms with E-state index in [-0.39, 0.29) is 5.56 Å². The number of anilines is 1. The zero-order valence-corrected chi connectivity index (χ0v) is 16.8. The fourth-order valence-electron chi connectivity index (χ4n) is 3.72. The molecular weight excluding hydrogens is 404 g/mol. The number of carbonyl (C=O) groups is 2. The van der Waals surface area contributed by atoms with Crippen LogP contribution in [0.5, 0.6) is 5.75 Å². The molecule has 5 rings (SSSR count). The van der Waals surface area contributed by atoms with Gasteiger partial charge in [-0.15, -0.1) is 0 Å². The van der Waals surface area contributed by atoms with Gasteiger partial charge in [0.15, 0.2) is 5.65 Å². The maximum atomic E-state index is 13.3. The number of ether oxygens (including phenoxy) is 1. The first-order valence-electron chi connectivity index (χ1n) is 9.17. The molecule has 0 N–H and O–H groups in total. The Morgan fingerprint density at radius 3 is 2.43 bits per heavy atom. The number of aryl methyl sites for hydroxylation is 1. The number of fused-ring (bicyclic) bond motifs is 3. The molecule has 8 heteroatoms. The van der Waals surface area contributed by atoms with E-state index in [0.29, 0.717) is 33.0 Å². The number of hydrogen-bond donors (Lipinski definition) is 0. The molecule has 30 heavy (non-hydrogen) atoms. The van der Waals surface area contributed by atoms with E-state index < -0.39 is 11.8 Å². The number of nitrogens with zero attached hydrogens (tertiary/aromatic N) is 4. The van der Waals surface area contributed by atoms with Crippen LogP contribution in [0, 0.1) is 6.92 Å². The number of hydrogen-bond acceptors (Lipinski definition) is 5. The van der Waals surface area contributed by atoms with E-state index >= 15 is 0 Å². The fourth-order valence-corrected chi connectivity index (χ4v) is 3.94. The lowest BCUT2D eigenvalue weighted by Gasteiger charge is -2.15. The van der Waals surface area contributed by atoms with Crippen molar-refractivity contribution in [1.29, 1.82) is 0 Å². The van der Waals surface area contributed by atoms with E-state index in [2.05, 4.69) is 10.1 Å². The Morgan fingerprint density at radius 1 is 1.00 bits per heavy atom. The van der Waals surface area contributed by atoms with Gasteiger partial charge in [-0.3, -0.25) is 9.59 Å². The Morgan fingerprint density at radius 2 is 1.73 bits per heavy atom. The van der Waals surface area contributed by atoms with Crippen molar-refractivity contribution in [1.82, 2.24) is 14.8 Å². The zero-order valence-electron chi connectivity index (χ0n) is 16.1. The van der Waals surface area contributed by atoms with Crippen LogP contribution in [0.15, 0.2) is 54.7 Å². The standard InChI is InChI=1S/C22H15ClN4O3/c1-12-18-19-15(21(28)26(22(19)29)17-6-4-3-5-16(17)23)11-24-20(18)27(25-12)13-7-9-14(30-2)10-8-13/h3-11H,1-2H3. The van der Waals surface area contributed by atoms with Gasteiger partial charge in [-0.1, -0.05) is 23.7 Å². The van der Waals surface area contributed by atoms with Crippen LogP contribution in [0.1, 0.15) is 26.4 Å². The maximum absolute atomic E-state index is 13.3. The van der Waals surface area contributed by atoms with Gasteiger partial charge in [-0.05, 0) is 43.3 Å². The summed E-state index contributed by atoms with van der Waals surface area (Å²) >= 11 is 6.25. The second-order valence-corrected chi connectivity index (χ2v) is 7.25. The van der Waals surface area contributed by atoms with Crippen LogP contribution in [-0.2, 0) is 0 Å². The van der Waals surface area contributed by atoms with Crippen molar-refractivity contribution >= 4 is 40.1 Å². The van der Waals surface area contributed by atoms with Crippen LogP contribution in [0.3, 0.4) is 0 Å². The summed E-state index contributed by atoms with van der Waals surface area (Å²) in [6, 6.07) is 14.1. The van der Waals surface area contributed by atoms with Crippen molar-refractivity contribution in [3.8, 4) is 11.4 Å². The van der Waals surface area contributed by atoms with E-state index in [1.54, 1.807) is 43.0 Å². The summed E-state index contributed by atoms with van der Waals surface area (Å²) in [7, 11) is 1.60. The highest BCUT2D eigenvalue weighted by Crippen LogP contribution is 2.37. The second-order valence-electron chi connectivity index (χ2n) is 6.84. The first kappa shape index (κ1) is 18.3. The molecule has 0 saturated heterocycles. The minimum atomic E-state index is -0.450. The Labute approximate surface area is 176 Å². The predicted octanol–water partition coefficient (Wildman–Crippen LogP) is 4.19. The molecule has 0 aliphatic carbocycles. The topological polar surface area (TPSA) is 77.3 Å². The van der Waals surface area contributed by atoms with Crippen LogP contribution in [0.25, 0.3) is 16.7 Å². The molecule has 0 radical (unpaired) electrons. The molecule has 2 aromatic carbocycles. The lowest BCUT2D eigenvalue weighted by Crippen LogP contribution is -2.29. The molecule has 2 amide bonds. The number of para-hydroxylation sites is 1. The normalized spacial score (nSPS) is 13.2. The summed E-state index contributed by atoms with van der Waals surface area (Å²) in [5.74, 6) is -0.168. The molecule has 2 aromatic heterocycles. The summed E-state index contributed by atoms with van der Waals surface area (Å²) in [5.41, 5.74) is 2.75. The molecule has 0 unspecified atom stereocenters. The van der Waals surface area contributed by atoms with E-state index in [1.165, 1.54) is 6.20 Å². The first-order chi connectivity index (χ1) is 14.5. The van der Waals surface area contributed by atoms with Gasteiger partial charge in [0.25, 0.3) is 11.8 Å². The van der Waals surface area contributed by atoms with Gasteiger partial charge in [0.1, 0.15) is 5.75 Å². The molecule has 7 nitrogen and oxygen atoms in total. The van der Waals surface area contributed by atoms with E-state index in [1.807, 2.05) is 24.3 Å². The minimum absolute atomic E-state index is 0.241. The molecule has 148 valence electrons. The van der Waals surface area contributed by atoms with Crippen LogP contribution in [-0.4, -0.2) is 33.7 Å². The third-order valence-corrected chi connectivity index (χ3v) is 5.45. The highest BCUT2D eigenvalue weighted by molar-refractivity contribution is 6.41. The van der Waals surface area contributed by atoms with Crippen molar-refractivity contribution in [2.24, 2.45) is 0 Å². The second kappa shape index (κ2) is 6.67. The predicted molar refractivity (Wildman–Crippen MR) is 113 cm³/mol. The summed E-state index contributed by atoms with van der Waals surface area (Å²) in [4.78, 5) is 31.9. The lowest BCUT2D eigenvalue weighted by atomic mass is 10.1. The van der Waals surface area contributed by atoms with Crippen LogP contribution < -0.4 is 9.64 Å². The fraction of sp³-hybridized carbons (Fsp3) is 0.0909. The van der Waals surface area contributed by atoms with Gasteiger partial charge in [0.05, 0.1) is 45.7 Å². The minimum Gasteiger partial charge on any atom is -0.497 e. The number of imide groups is 1. The monoisotopic (exact) mass is 418 g/mol. The Balaban J connectivity index is 1.70. The van der Waals surface area contributed by atoms with Crippen molar-refractivity contribution in [3.63, 3.8) is 0 Å². The molecule has 3 heterocycles. The molecule has 0 bridgehead atoms. The van der Waals surface area contributed by atoms with Crippen LogP contribution >= 0.6 is 11.6 Å². The SMILES string of the molecule is COc1ccc(-n2nc(C)c3c4c(cnc32)C(=O)N(c2ccccc2Cl)C4=O)cc1. The van der Waals surface area contributed by atoms with Crippen molar-refractivity contribution in [2.75, 3.05) is 12.0 Å². The quantitative estimate of drug-likeness (QED) is 0.466. The summed E-state index contributed by atoms with van der Waals surface area (Å²) in [6.45, 7) is 1.79. The maximum Gasteiger partial charge on any atom is 0.267 e. The molecule has 1 aliphatic heterocycles. The summed E-state index contributed by atoms with van der Waals surface area (Å²) < 4.78 is 6.86. The molecule has 0 saturated carbocycles. The third kappa shape index (κ3) is 2.52. The van der Waals surface area contributed by atoms with Crippen molar-refractivity contribution < 1.29 is 14.3 Å². The molecule has 0 spiro atoms. The smallest absolute Gasteiger partial charge is 0.267 e. The number of rotatable bonds is 3. The highest BCUT2D eigenvalue weighted by atomic mass is 35.5. The Kier molecular flexibility index (Phi) is 4.08. The molecular formula is C22H15ClN4O3. The van der Waals surface area contributed by atoms with Gasteiger partial charge in [0, 0.05) is 6.20 Å². The number of pyridine rings is 1. The Hall–Kier alpha value is -3.71. The average Bonchev–Trinajstić information content (AvgIpc) is 3.23. The number of carbonyl (C=O) groups excluding carboxylic acids is 2. The number of amides is 2. The summed E-state index contributed by atoms with van der Waals surface area (Å²) in [5, 5.41) is 5.45. The van der Waals surface area contributed by atoms with Gasteiger partial charge < -0.3 is 4.74 Å². The highest BCUT2D eigenvalue weighted by Gasteiger charge is 2.40. The first-order valence-corrected chi connectivity index (χ1v) is 9.55. The number of halogens is 1. The van der Waals surface area contributed by atoms with Crippen molar-refractivity contribution in [2.45, 2.75) is 6.92 Å². The van der Waals surface area contributed by atoms with Gasteiger partial charge >= 0.3 is 0 Å². The number of aromatic nitrogens is 3. The summed E-state index contributed by atoms with van der Waals surface area (Å²) in [6.07, 6.45) is 1.43. The third-order valence-electron chi connectivity index (χ3n) is 5.13. The van der Waals surface area contributed by atoms with Crippen LogP contribution in [0.4, 0.5) is 5.69 Å². The van der Waals surface area contributed by atoms with E-state index in [4.69, 9.17) is 16.3 Å².